The molecular formula is C35H36AsClN2O8S. The van der Waals surface area contributed by atoms with Gasteiger partial charge in [-0.05, 0) is 0 Å². The molecule has 2 N–H and O–H groups in total. The predicted octanol–water partition coefficient (Wildman–Crippen LogP) is 4.74. The molecule has 13 heteroatoms. The number of aliphatic carboxylic acids is 1. The van der Waals surface area contributed by atoms with Crippen molar-refractivity contribution in [3.05, 3.63) is 125 Å². The quantitative estimate of drug-likeness (QED) is 0.157. The summed E-state index contributed by atoms with van der Waals surface area (Å²) in [7, 11) is -4.45. The van der Waals surface area contributed by atoms with Crippen molar-refractivity contribution >= 4 is 64.0 Å². The van der Waals surface area contributed by atoms with Gasteiger partial charge in [-0.3, -0.25) is 0 Å². The van der Waals surface area contributed by atoms with Crippen LogP contribution in [0.25, 0.3) is 0 Å². The summed E-state index contributed by atoms with van der Waals surface area (Å²) in [6, 6.07) is 27.8. The monoisotopic (exact) mass is 754 g/mol. The summed E-state index contributed by atoms with van der Waals surface area (Å²) in [6.45, 7) is 3.31. The van der Waals surface area contributed by atoms with Gasteiger partial charge in [-0.15, -0.1) is 0 Å². The van der Waals surface area contributed by atoms with Gasteiger partial charge >= 0.3 is 293 Å². The van der Waals surface area contributed by atoms with Crippen molar-refractivity contribution in [3.8, 4) is 0 Å². The van der Waals surface area contributed by atoms with E-state index in [-0.39, 0.29) is 40.0 Å². The molecule has 3 atom stereocenters. The maximum atomic E-state index is 14.1. The number of benzene rings is 4. The zero-order chi connectivity index (χ0) is 34.7. The Kier molecular flexibility index (Phi) is 13.2. The summed E-state index contributed by atoms with van der Waals surface area (Å²) >= 11 is 4.46. The van der Waals surface area contributed by atoms with E-state index in [0.29, 0.717) is 4.35 Å². The fourth-order valence-electron chi connectivity index (χ4n) is 4.75. The Hall–Kier alpha value is -4.15. The van der Waals surface area contributed by atoms with E-state index in [1.165, 1.54) is 30.3 Å². The van der Waals surface area contributed by atoms with Gasteiger partial charge < -0.3 is 0 Å². The van der Waals surface area contributed by atoms with E-state index >= 15 is 0 Å². The van der Waals surface area contributed by atoms with E-state index < -0.39 is 55.8 Å². The molecule has 4 rings (SSSR count). The number of nitrogens with zero attached hydrogens (tertiary/aromatic N) is 1. The Morgan fingerprint density at radius 1 is 0.854 bits per heavy atom. The number of ether oxygens (including phenoxy) is 2. The number of halogens is 1. The van der Waals surface area contributed by atoms with Crippen LogP contribution in [0.2, 0.25) is 5.02 Å². The third-order valence-electron chi connectivity index (χ3n) is 7.08. The van der Waals surface area contributed by atoms with Crippen LogP contribution < -0.4 is 14.0 Å². The minimum absolute atomic E-state index is 0.00544. The van der Waals surface area contributed by atoms with E-state index in [9.17, 15) is 27.9 Å². The Morgan fingerprint density at radius 2 is 1.48 bits per heavy atom. The normalized spacial score (nSPS) is 12.8. The maximum absolute atomic E-state index is 14.1. The average Bonchev–Trinajstić information content (AvgIpc) is 3.06. The van der Waals surface area contributed by atoms with E-state index in [0.717, 1.165) is 15.4 Å². The molecule has 4 aromatic rings. The van der Waals surface area contributed by atoms with E-state index in [1.807, 2.05) is 48.5 Å². The van der Waals surface area contributed by atoms with Crippen molar-refractivity contribution in [2.24, 2.45) is 5.92 Å². The molecular weight excluding hydrogens is 719 g/mol. The summed E-state index contributed by atoms with van der Waals surface area (Å²) in [6.07, 6.45) is -0.797. The number of nitrogens with one attached hydrogen (secondary N) is 1. The molecule has 10 nitrogen and oxygen atoms in total. The van der Waals surface area contributed by atoms with Gasteiger partial charge in [-0.1, -0.05) is 0 Å². The van der Waals surface area contributed by atoms with Crippen LogP contribution in [0.5, 0.6) is 0 Å². The van der Waals surface area contributed by atoms with Crippen LogP contribution in [0.3, 0.4) is 0 Å². The fourth-order valence-corrected chi connectivity index (χ4v) is 9.08. The molecule has 0 heterocycles. The molecule has 0 radical (unpaired) electrons. The average molecular weight is 755 g/mol. The summed E-state index contributed by atoms with van der Waals surface area (Å²) < 4.78 is 40.4. The third kappa shape index (κ3) is 10.2. The van der Waals surface area contributed by atoms with Gasteiger partial charge in [0.25, 0.3) is 0 Å². The van der Waals surface area contributed by atoms with Gasteiger partial charge in [-0.25, -0.2) is 0 Å². The number of carboxylic acid groups (broad SMARTS) is 1. The Balaban J connectivity index is 1.56. The first-order valence-electron chi connectivity index (χ1n) is 15.0. The number of hydrogen-bond acceptors (Lipinski definition) is 7. The molecule has 0 fully saturated rings. The molecule has 1 amide bonds. The number of rotatable bonds is 16. The summed E-state index contributed by atoms with van der Waals surface area (Å²) in [4.78, 5) is 38.6. The van der Waals surface area contributed by atoms with Gasteiger partial charge in [0.05, 0.1) is 0 Å². The zero-order valence-corrected chi connectivity index (χ0v) is 30.0. The number of alkyl carbamates (subject to hydrolysis) is 1. The van der Waals surface area contributed by atoms with Crippen LogP contribution in [0.15, 0.2) is 114 Å². The first kappa shape index (κ1) is 36.7. The standard InChI is InChI=1S/C35H36AsClN2O8S/c1-24(2)32(34(41)42)39(29-17-10-16-28(37)20-29)48(44,45)30-18-9-15-27(19-30)36-33(40)31(23-46-21-25-11-5-3-6-12-25)38-35(43)47-22-26-13-7-4-8-14-26/h3-20,24,31-32,36H,21-23H2,1-2H3,(H,38,43)(H,41,42). The second kappa shape index (κ2) is 17.3. The van der Waals surface area contributed by atoms with Crippen molar-refractivity contribution in [2.45, 2.75) is 44.0 Å². The Bertz CT molecular complexity index is 1810. The molecule has 0 spiro atoms. The van der Waals surface area contributed by atoms with Crippen molar-refractivity contribution in [1.29, 1.82) is 0 Å². The van der Waals surface area contributed by atoms with Gasteiger partial charge in [0.2, 0.25) is 0 Å². The number of hydrogen-bond donors (Lipinski definition) is 2. The predicted molar refractivity (Wildman–Crippen MR) is 185 cm³/mol. The number of amides is 1. The fraction of sp³-hybridized carbons (Fsp3) is 0.229. The van der Waals surface area contributed by atoms with Gasteiger partial charge in [0, 0.05) is 0 Å². The molecule has 0 aliphatic heterocycles. The molecule has 0 bridgehead atoms. The molecule has 0 aromatic heterocycles. The second-order valence-electron chi connectivity index (χ2n) is 11.1. The molecule has 4 aromatic carbocycles. The minimum atomic E-state index is -4.45. The summed E-state index contributed by atoms with van der Waals surface area (Å²) in [5.74, 6) is -1.92. The molecule has 3 unspecified atom stereocenters. The SMILES string of the molecule is CC(C)C(C(=O)O)N(c1cccc(Cl)c1)S(=O)(=O)c1cccc([AsH]C(=O)C(COCc2ccccc2)NC(=O)OCc2ccccc2)c1. The Labute approximate surface area is 291 Å². The van der Waals surface area contributed by atoms with Gasteiger partial charge in [0.1, 0.15) is 0 Å². The molecule has 48 heavy (non-hydrogen) atoms. The molecule has 252 valence electrons. The van der Waals surface area contributed by atoms with Crippen LogP contribution >= 0.6 is 11.6 Å². The number of sulfonamides is 1. The van der Waals surface area contributed by atoms with Crippen LogP contribution in [0.4, 0.5) is 10.5 Å². The third-order valence-corrected chi connectivity index (χ3v) is 11.6. The number of carbonyl (C=O) groups is 3. The van der Waals surface area contributed by atoms with Crippen LogP contribution in [0.1, 0.15) is 25.0 Å². The first-order chi connectivity index (χ1) is 23.0. The van der Waals surface area contributed by atoms with Crippen molar-refractivity contribution in [3.63, 3.8) is 0 Å². The summed E-state index contributed by atoms with van der Waals surface area (Å²) in [5.41, 5.74) is 1.75. The number of carbonyl (C=O) groups excluding carboxylic acids is 2. The van der Waals surface area contributed by atoms with Crippen LogP contribution in [0, 0.1) is 5.92 Å². The van der Waals surface area contributed by atoms with Gasteiger partial charge in [-0.2, -0.15) is 0 Å². The number of carboxylic acids is 1. The second-order valence-corrected chi connectivity index (χ2v) is 16.1. The first-order valence-corrected chi connectivity index (χ1v) is 18.9. The van der Waals surface area contributed by atoms with Crippen molar-refractivity contribution in [1.82, 2.24) is 5.32 Å². The van der Waals surface area contributed by atoms with Crippen molar-refractivity contribution in [2.75, 3.05) is 10.9 Å². The number of anilines is 1. The van der Waals surface area contributed by atoms with Crippen molar-refractivity contribution < 1.29 is 37.4 Å². The molecule has 0 aliphatic rings. The zero-order valence-electron chi connectivity index (χ0n) is 26.3. The molecule has 0 saturated carbocycles. The Morgan fingerprint density at radius 3 is 2.08 bits per heavy atom. The van der Waals surface area contributed by atoms with Crippen LogP contribution in [-0.2, 0) is 42.3 Å². The van der Waals surface area contributed by atoms with E-state index in [2.05, 4.69) is 5.32 Å². The van der Waals surface area contributed by atoms with Gasteiger partial charge in [0.15, 0.2) is 0 Å². The van der Waals surface area contributed by atoms with Crippen LogP contribution in [-0.4, -0.2) is 64.6 Å². The topological polar surface area (TPSA) is 139 Å². The summed E-state index contributed by atoms with van der Waals surface area (Å²) in [5, 5.41) is 12.9. The van der Waals surface area contributed by atoms with E-state index in [4.69, 9.17) is 21.1 Å². The molecule has 0 aliphatic carbocycles. The van der Waals surface area contributed by atoms with E-state index in [1.54, 1.807) is 44.2 Å². The molecule has 0 saturated heterocycles.